The lowest BCUT2D eigenvalue weighted by atomic mass is 10.2. The van der Waals surface area contributed by atoms with Gasteiger partial charge in [0.1, 0.15) is 27.9 Å². The molecule has 0 aliphatic heterocycles. The summed E-state index contributed by atoms with van der Waals surface area (Å²) in [5.41, 5.74) is -0.439. The Kier molecular flexibility index (Phi) is 6.47. The summed E-state index contributed by atoms with van der Waals surface area (Å²) in [7, 11) is -4.19. The second-order valence-corrected chi connectivity index (χ2v) is 10.4. The van der Waals surface area contributed by atoms with Crippen molar-refractivity contribution in [3.8, 4) is 17.7 Å². The van der Waals surface area contributed by atoms with Crippen molar-refractivity contribution in [3.63, 3.8) is 0 Å². The Balaban J connectivity index is 1.92. The summed E-state index contributed by atoms with van der Waals surface area (Å²) in [6.07, 6.45) is 2.50. The topological polar surface area (TPSA) is 102 Å². The van der Waals surface area contributed by atoms with E-state index in [0.717, 1.165) is 10.5 Å². The molecule has 7 nitrogen and oxygen atoms in total. The fraction of sp³-hybridized carbons (Fsp3) is 0. The number of ether oxygens (including phenoxy) is 1. The van der Waals surface area contributed by atoms with Crippen LogP contribution in [0.15, 0.2) is 96.5 Å². The van der Waals surface area contributed by atoms with Crippen LogP contribution in [-0.4, -0.2) is 17.8 Å². The van der Waals surface area contributed by atoms with Crippen molar-refractivity contribution >= 4 is 53.4 Å². The van der Waals surface area contributed by atoms with Crippen LogP contribution in [0.25, 0.3) is 11.7 Å². The quantitative estimate of drug-likeness (QED) is 0.292. The number of halogens is 2. The average molecular weight is 587 g/mol. The molecule has 0 radical (unpaired) electrons. The van der Waals surface area contributed by atoms with Gasteiger partial charge in [-0.05, 0) is 66.7 Å². The minimum absolute atomic E-state index is 0.0808. The zero-order valence-corrected chi connectivity index (χ0v) is 20.6. The maximum absolute atomic E-state index is 13.2. The van der Waals surface area contributed by atoms with E-state index in [4.69, 9.17) is 4.74 Å². The Morgan fingerprint density at radius 2 is 1.64 bits per heavy atom. The van der Waals surface area contributed by atoms with Gasteiger partial charge in [0.05, 0.1) is 4.90 Å². The summed E-state index contributed by atoms with van der Waals surface area (Å²) >= 11 is 6.59. The molecule has 0 unspecified atom stereocenters. The second-order valence-electron chi connectivity index (χ2n) is 6.70. The monoisotopic (exact) mass is 585 g/mol. The van der Waals surface area contributed by atoms with Crippen LogP contribution >= 0.6 is 31.9 Å². The molecular weight excluding hydrogens is 574 g/mol. The van der Waals surface area contributed by atoms with E-state index in [0.29, 0.717) is 15.9 Å². The fourth-order valence-electron chi connectivity index (χ4n) is 2.94. The molecular formula is C23H13Br2N3O4S. The fourth-order valence-corrected chi connectivity index (χ4v) is 4.61. The van der Waals surface area contributed by atoms with Crippen LogP contribution in [-0.2, 0) is 9.84 Å². The minimum Gasteiger partial charge on any atom is -0.438 e. The number of nitrogens with zero attached hydrogens (tertiary/aromatic N) is 3. The molecule has 0 aliphatic rings. The summed E-state index contributed by atoms with van der Waals surface area (Å²) in [6, 6.07) is 19.3. The highest BCUT2D eigenvalue weighted by Gasteiger charge is 2.23. The number of sulfone groups is 1. The number of nitriles is 1. The number of aromatic nitrogens is 2. The SMILES string of the molecule is N#CC(=Cc1c(Oc2ccc(Br)cc2)nc2ccccn2c1=O)S(=O)(=O)c1ccc(Br)cc1. The highest BCUT2D eigenvalue weighted by Crippen LogP contribution is 2.28. The lowest BCUT2D eigenvalue weighted by molar-refractivity contribution is 0.461. The molecule has 2 aromatic heterocycles. The first-order valence-corrected chi connectivity index (χ1v) is 12.4. The zero-order valence-electron chi connectivity index (χ0n) is 16.6. The van der Waals surface area contributed by atoms with Crippen molar-refractivity contribution in [1.82, 2.24) is 9.38 Å². The van der Waals surface area contributed by atoms with Gasteiger partial charge in [-0.3, -0.25) is 9.20 Å². The van der Waals surface area contributed by atoms with E-state index < -0.39 is 20.3 Å². The summed E-state index contributed by atoms with van der Waals surface area (Å²) in [5.74, 6) is 0.265. The molecule has 0 saturated heterocycles. The third-order valence-electron chi connectivity index (χ3n) is 4.56. The zero-order chi connectivity index (χ0) is 23.6. The molecule has 0 saturated carbocycles. The van der Waals surface area contributed by atoms with Crippen molar-refractivity contribution < 1.29 is 13.2 Å². The number of pyridine rings is 1. The van der Waals surface area contributed by atoms with Gasteiger partial charge < -0.3 is 4.74 Å². The van der Waals surface area contributed by atoms with Gasteiger partial charge in [-0.15, -0.1) is 0 Å². The molecule has 0 fully saturated rings. The average Bonchev–Trinajstić information content (AvgIpc) is 2.80. The Bertz CT molecular complexity index is 1590. The number of hydrogen-bond acceptors (Lipinski definition) is 6. The van der Waals surface area contributed by atoms with Gasteiger partial charge in [-0.25, -0.2) is 8.42 Å². The van der Waals surface area contributed by atoms with Crippen LogP contribution in [0.1, 0.15) is 5.56 Å². The molecule has 4 rings (SSSR count). The molecule has 0 spiro atoms. The minimum atomic E-state index is -4.19. The summed E-state index contributed by atoms with van der Waals surface area (Å²) in [6.45, 7) is 0. The van der Waals surface area contributed by atoms with Gasteiger partial charge >= 0.3 is 0 Å². The van der Waals surface area contributed by atoms with Crippen LogP contribution in [0.2, 0.25) is 0 Å². The van der Waals surface area contributed by atoms with Gasteiger partial charge in [0, 0.05) is 15.1 Å². The maximum atomic E-state index is 13.2. The van der Waals surface area contributed by atoms with E-state index in [1.807, 2.05) is 0 Å². The lowest BCUT2D eigenvalue weighted by Crippen LogP contribution is -2.19. The molecule has 164 valence electrons. The predicted octanol–water partition coefficient (Wildman–Crippen LogP) is 5.35. The summed E-state index contributed by atoms with van der Waals surface area (Å²) in [5, 5.41) is 9.67. The lowest BCUT2D eigenvalue weighted by Gasteiger charge is -2.10. The highest BCUT2D eigenvalue weighted by atomic mass is 79.9. The van der Waals surface area contributed by atoms with E-state index in [2.05, 4.69) is 36.8 Å². The number of fused-ring (bicyclic) bond motifs is 1. The third kappa shape index (κ3) is 4.75. The van der Waals surface area contributed by atoms with E-state index in [-0.39, 0.29) is 16.3 Å². The number of benzene rings is 2. The summed E-state index contributed by atoms with van der Waals surface area (Å²) in [4.78, 5) is 16.9. The molecule has 2 heterocycles. The highest BCUT2D eigenvalue weighted by molar-refractivity contribution is 9.10. The van der Waals surface area contributed by atoms with E-state index in [1.54, 1.807) is 60.7 Å². The van der Waals surface area contributed by atoms with Crippen molar-refractivity contribution in [3.05, 3.63) is 103 Å². The summed E-state index contributed by atoms with van der Waals surface area (Å²) < 4.78 is 34.8. The number of rotatable bonds is 5. The standard InChI is InChI=1S/C23H13Br2N3O4S/c24-15-4-8-17(9-5-15)32-22-20(23(29)28-12-2-1-3-21(28)27-22)13-19(14-26)33(30,31)18-10-6-16(25)7-11-18/h1-13H. The molecule has 0 bridgehead atoms. The molecule has 2 aromatic carbocycles. The Hall–Kier alpha value is -3.26. The van der Waals surface area contributed by atoms with Crippen molar-refractivity contribution in [2.24, 2.45) is 0 Å². The number of hydrogen-bond donors (Lipinski definition) is 0. The van der Waals surface area contributed by atoms with Crippen LogP contribution in [0.4, 0.5) is 0 Å². The van der Waals surface area contributed by atoms with E-state index in [1.165, 1.54) is 22.7 Å². The van der Waals surface area contributed by atoms with Crippen LogP contribution < -0.4 is 10.3 Å². The Labute approximate surface area is 205 Å². The molecule has 4 aromatic rings. The van der Waals surface area contributed by atoms with E-state index >= 15 is 0 Å². The predicted molar refractivity (Wildman–Crippen MR) is 131 cm³/mol. The largest absolute Gasteiger partial charge is 0.438 e. The van der Waals surface area contributed by atoms with Crippen molar-refractivity contribution in [2.45, 2.75) is 4.90 Å². The van der Waals surface area contributed by atoms with Crippen LogP contribution in [0.5, 0.6) is 11.6 Å². The first kappa shape index (κ1) is 22.9. The van der Waals surface area contributed by atoms with Crippen molar-refractivity contribution in [2.75, 3.05) is 0 Å². The normalized spacial score (nSPS) is 11.8. The van der Waals surface area contributed by atoms with Gasteiger partial charge in [-0.1, -0.05) is 37.9 Å². The molecule has 0 N–H and O–H groups in total. The van der Waals surface area contributed by atoms with Crippen molar-refractivity contribution in [1.29, 1.82) is 5.26 Å². The van der Waals surface area contributed by atoms with E-state index in [9.17, 15) is 18.5 Å². The molecule has 10 heteroatoms. The van der Waals surface area contributed by atoms with Crippen LogP contribution in [0, 0.1) is 11.3 Å². The van der Waals surface area contributed by atoms with Gasteiger partial charge in [0.2, 0.25) is 15.7 Å². The Morgan fingerprint density at radius 3 is 2.27 bits per heavy atom. The number of allylic oxidation sites excluding steroid dienone is 1. The third-order valence-corrected chi connectivity index (χ3v) is 7.30. The maximum Gasteiger partial charge on any atom is 0.269 e. The Morgan fingerprint density at radius 1 is 1.00 bits per heavy atom. The molecule has 0 atom stereocenters. The van der Waals surface area contributed by atoms with Gasteiger partial charge in [0.15, 0.2) is 0 Å². The smallest absolute Gasteiger partial charge is 0.269 e. The van der Waals surface area contributed by atoms with Gasteiger partial charge in [-0.2, -0.15) is 10.2 Å². The second kappa shape index (κ2) is 9.31. The van der Waals surface area contributed by atoms with Crippen LogP contribution in [0.3, 0.4) is 0 Å². The first-order valence-electron chi connectivity index (χ1n) is 9.37. The molecule has 0 amide bonds. The molecule has 33 heavy (non-hydrogen) atoms. The first-order chi connectivity index (χ1) is 15.8. The van der Waals surface area contributed by atoms with Gasteiger partial charge in [0.25, 0.3) is 5.56 Å². The molecule has 0 aliphatic carbocycles.